The largest absolute Gasteiger partial charge is 0.299 e. The van der Waals surface area contributed by atoms with Gasteiger partial charge in [0.25, 0.3) is 5.91 Å². The third-order valence-electron chi connectivity index (χ3n) is 3.24. The summed E-state index contributed by atoms with van der Waals surface area (Å²) < 4.78 is 0. The molecule has 1 unspecified atom stereocenters. The van der Waals surface area contributed by atoms with E-state index in [0.717, 1.165) is 12.1 Å². The number of hydrazine groups is 1. The summed E-state index contributed by atoms with van der Waals surface area (Å²) in [6.07, 6.45) is 3.29. The van der Waals surface area contributed by atoms with E-state index in [4.69, 9.17) is 5.84 Å². The second-order valence-corrected chi connectivity index (χ2v) is 5.71. The predicted molar refractivity (Wildman–Crippen MR) is 82.0 cm³/mol. The molecule has 0 heterocycles. The zero-order valence-electron chi connectivity index (χ0n) is 11.8. The standard InChI is InChI=1S/C14H23N3OS/c1-11(7-8-19-3)17(2)10-12-5-4-6-13(9-12)14(18)16-15/h4-6,9,11H,7-8,10,15H2,1-3H3,(H,16,18). The first-order chi connectivity index (χ1) is 9.08. The SMILES string of the molecule is CSCCC(C)N(C)Cc1cccc(C(=O)NN)c1. The number of nitrogens with one attached hydrogen (secondary N) is 1. The lowest BCUT2D eigenvalue weighted by Gasteiger charge is -2.24. The van der Waals surface area contributed by atoms with Crippen LogP contribution in [0.3, 0.4) is 0 Å². The molecular weight excluding hydrogens is 258 g/mol. The van der Waals surface area contributed by atoms with Crippen molar-refractivity contribution in [3.63, 3.8) is 0 Å². The van der Waals surface area contributed by atoms with Crippen LogP contribution in [0.4, 0.5) is 0 Å². The highest BCUT2D eigenvalue weighted by Gasteiger charge is 2.10. The molecule has 1 amide bonds. The number of rotatable bonds is 7. The van der Waals surface area contributed by atoms with Gasteiger partial charge >= 0.3 is 0 Å². The van der Waals surface area contributed by atoms with Gasteiger partial charge in [-0.15, -0.1) is 0 Å². The maximum Gasteiger partial charge on any atom is 0.265 e. The smallest absolute Gasteiger partial charge is 0.265 e. The lowest BCUT2D eigenvalue weighted by Crippen LogP contribution is -2.31. The summed E-state index contributed by atoms with van der Waals surface area (Å²) in [5.74, 6) is 6.06. The number of nitrogen functional groups attached to an aromatic ring is 1. The van der Waals surface area contributed by atoms with Crippen molar-refractivity contribution in [3.8, 4) is 0 Å². The van der Waals surface area contributed by atoms with E-state index in [-0.39, 0.29) is 5.91 Å². The Hall–Kier alpha value is -1.04. The summed E-state index contributed by atoms with van der Waals surface area (Å²) in [6.45, 7) is 3.06. The number of carbonyl (C=O) groups is 1. The van der Waals surface area contributed by atoms with Crippen molar-refractivity contribution in [1.29, 1.82) is 0 Å². The van der Waals surface area contributed by atoms with E-state index in [1.807, 2.05) is 30.0 Å². The average molecular weight is 281 g/mol. The molecule has 0 saturated carbocycles. The van der Waals surface area contributed by atoms with Gasteiger partial charge in [-0.1, -0.05) is 12.1 Å². The van der Waals surface area contributed by atoms with Crippen LogP contribution >= 0.6 is 11.8 Å². The molecule has 0 bridgehead atoms. The van der Waals surface area contributed by atoms with Crippen LogP contribution in [0.5, 0.6) is 0 Å². The molecule has 1 aromatic carbocycles. The first-order valence-electron chi connectivity index (χ1n) is 6.37. The maximum absolute atomic E-state index is 11.5. The monoisotopic (exact) mass is 281 g/mol. The molecular formula is C14H23N3OS. The number of nitrogens with zero attached hydrogens (tertiary/aromatic N) is 1. The van der Waals surface area contributed by atoms with Crippen molar-refractivity contribution in [2.24, 2.45) is 5.84 Å². The average Bonchev–Trinajstić information content (AvgIpc) is 2.44. The van der Waals surface area contributed by atoms with Crippen molar-refractivity contribution in [2.75, 3.05) is 19.1 Å². The van der Waals surface area contributed by atoms with E-state index >= 15 is 0 Å². The lowest BCUT2D eigenvalue weighted by molar-refractivity contribution is 0.0953. The van der Waals surface area contributed by atoms with Gasteiger partial charge in [-0.2, -0.15) is 11.8 Å². The minimum atomic E-state index is -0.250. The van der Waals surface area contributed by atoms with Crippen LogP contribution in [-0.4, -0.2) is 35.9 Å². The minimum Gasteiger partial charge on any atom is -0.299 e. The van der Waals surface area contributed by atoms with E-state index in [1.54, 1.807) is 6.07 Å². The molecule has 106 valence electrons. The Bertz CT molecular complexity index is 411. The summed E-state index contributed by atoms with van der Waals surface area (Å²) in [6, 6.07) is 8.10. The van der Waals surface area contributed by atoms with E-state index < -0.39 is 0 Å². The van der Waals surface area contributed by atoms with E-state index in [2.05, 4.69) is 30.6 Å². The number of hydrogen-bond donors (Lipinski definition) is 2. The number of amides is 1. The fraction of sp³-hybridized carbons (Fsp3) is 0.500. The predicted octanol–water partition coefficient (Wildman–Crippen LogP) is 1.86. The van der Waals surface area contributed by atoms with Gasteiger partial charge in [0.15, 0.2) is 0 Å². The molecule has 19 heavy (non-hydrogen) atoms. The molecule has 3 N–H and O–H groups in total. The highest BCUT2D eigenvalue weighted by atomic mass is 32.2. The number of benzene rings is 1. The quantitative estimate of drug-likeness (QED) is 0.455. The second kappa shape index (κ2) is 8.19. The molecule has 0 spiro atoms. The van der Waals surface area contributed by atoms with Gasteiger partial charge in [0, 0.05) is 18.2 Å². The third kappa shape index (κ3) is 5.22. The molecule has 5 heteroatoms. The first kappa shape index (κ1) is 16.0. The van der Waals surface area contributed by atoms with Crippen LogP contribution in [0.1, 0.15) is 29.3 Å². The molecule has 1 rings (SSSR count). The fourth-order valence-corrected chi connectivity index (χ4v) is 2.42. The molecule has 0 aliphatic rings. The van der Waals surface area contributed by atoms with Gasteiger partial charge in [-0.25, -0.2) is 5.84 Å². The van der Waals surface area contributed by atoms with Gasteiger partial charge in [-0.05, 0) is 50.1 Å². The van der Waals surface area contributed by atoms with Crippen molar-refractivity contribution >= 4 is 17.7 Å². The Morgan fingerprint density at radius 2 is 2.26 bits per heavy atom. The molecule has 0 aliphatic carbocycles. The Labute approximate surface area is 119 Å². The van der Waals surface area contributed by atoms with Gasteiger partial charge in [-0.3, -0.25) is 15.1 Å². The molecule has 1 atom stereocenters. The Morgan fingerprint density at radius 3 is 2.89 bits per heavy atom. The topological polar surface area (TPSA) is 58.4 Å². The third-order valence-corrected chi connectivity index (χ3v) is 3.89. The summed E-state index contributed by atoms with van der Waals surface area (Å²) in [5, 5.41) is 0. The molecule has 0 radical (unpaired) electrons. The van der Waals surface area contributed by atoms with E-state index in [0.29, 0.717) is 11.6 Å². The minimum absolute atomic E-state index is 0.250. The molecule has 1 aromatic rings. The highest BCUT2D eigenvalue weighted by molar-refractivity contribution is 7.98. The Morgan fingerprint density at radius 1 is 1.53 bits per heavy atom. The van der Waals surface area contributed by atoms with Gasteiger partial charge in [0.2, 0.25) is 0 Å². The van der Waals surface area contributed by atoms with Crippen LogP contribution in [-0.2, 0) is 6.54 Å². The van der Waals surface area contributed by atoms with Crippen LogP contribution in [0.2, 0.25) is 0 Å². The fourth-order valence-electron chi connectivity index (χ4n) is 1.85. The number of nitrogens with two attached hydrogens (primary N) is 1. The Balaban J connectivity index is 2.63. The molecule has 0 aliphatic heterocycles. The van der Waals surface area contributed by atoms with Gasteiger partial charge < -0.3 is 0 Å². The zero-order valence-corrected chi connectivity index (χ0v) is 12.7. The highest BCUT2D eigenvalue weighted by Crippen LogP contribution is 2.12. The van der Waals surface area contributed by atoms with Crippen molar-refractivity contribution in [2.45, 2.75) is 25.9 Å². The van der Waals surface area contributed by atoms with Crippen LogP contribution in [0.15, 0.2) is 24.3 Å². The van der Waals surface area contributed by atoms with Crippen LogP contribution in [0.25, 0.3) is 0 Å². The van der Waals surface area contributed by atoms with E-state index in [9.17, 15) is 4.79 Å². The number of carbonyl (C=O) groups excluding carboxylic acids is 1. The van der Waals surface area contributed by atoms with Crippen molar-refractivity contribution in [3.05, 3.63) is 35.4 Å². The number of thioether (sulfide) groups is 1. The van der Waals surface area contributed by atoms with Crippen LogP contribution in [0, 0.1) is 0 Å². The molecule has 0 aromatic heterocycles. The first-order valence-corrected chi connectivity index (χ1v) is 7.77. The van der Waals surface area contributed by atoms with E-state index in [1.165, 1.54) is 12.2 Å². The Kier molecular flexibility index (Phi) is 6.91. The lowest BCUT2D eigenvalue weighted by atomic mass is 10.1. The molecule has 4 nitrogen and oxygen atoms in total. The van der Waals surface area contributed by atoms with Gasteiger partial charge in [0.05, 0.1) is 0 Å². The maximum atomic E-state index is 11.5. The van der Waals surface area contributed by atoms with Gasteiger partial charge in [0.1, 0.15) is 0 Å². The normalized spacial score (nSPS) is 12.5. The summed E-state index contributed by atoms with van der Waals surface area (Å²) in [7, 11) is 2.11. The summed E-state index contributed by atoms with van der Waals surface area (Å²) in [5.41, 5.74) is 3.88. The number of hydrogen-bond acceptors (Lipinski definition) is 4. The summed E-state index contributed by atoms with van der Waals surface area (Å²) in [4.78, 5) is 13.8. The van der Waals surface area contributed by atoms with Crippen molar-refractivity contribution < 1.29 is 4.79 Å². The molecule has 0 saturated heterocycles. The molecule has 0 fully saturated rings. The second-order valence-electron chi connectivity index (χ2n) is 4.72. The van der Waals surface area contributed by atoms with Crippen LogP contribution < -0.4 is 11.3 Å². The van der Waals surface area contributed by atoms with Crippen molar-refractivity contribution in [1.82, 2.24) is 10.3 Å². The summed E-state index contributed by atoms with van der Waals surface area (Å²) >= 11 is 1.87. The zero-order chi connectivity index (χ0) is 14.3.